The summed E-state index contributed by atoms with van der Waals surface area (Å²) in [6, 6.07) is 5.95. The first kappa shape index (κ1) is 12.9. The zero-order valence-electron chi connectivity index (χ0n) is 12.4. The van der Waals surface area contributed by atoms with Crippen LogP contribution in [-0.4, -0.2) is 17.4 Å². The lowest BCUT2D eigenvalue weighted by Crippen LogP contribution is -2.12. The van der Waals surface area contributed by atoms with Gasteiger partial charge in [0.15, 0.2) is 5.78 Å². The van der Waals surface area contributed by atoms with E-state index in [2.05, 4.69) is 11.9 Å². The Morgan fingerprint density at radius 2 is 2.10 bits per heavy atom. The Hall–Kier alpha value is -1.77. The predicted octanol–water partition coefficient (Wildman–Crippen LogP) is 4.19. The lowest BCUT2D eigenvalue weighted by Gasteiger charge is -2.11. The monoisotopic (exact) mass is 283 g/mol. The zero-order chi connectivity index (χ0) is 14.4. The van der Waals surface area contributed by atoms with Crippen molar-refractivity contribution in [1.82, 2.24) is 4.98 Å². The lowest BCUT2D eigenvalue weighted by atomic mass is 9.93. The number of hydrogen-bond acceptors (Lipinski definition) is 2. The number of hydrogen-bond donors (Lipinski definition) is 1. The lowest BCUT2D eigenvalue weighted by molar-refractivity contribution is 0.0916. The van der Waals surface area contributed by atoms with Gasteiger partial charge in [0.05, 0.1) is 12.0 Å². The van der Waals surface area contributed by atoms with E-state index in [0.29, 0.717) is 12.4 Å². The Kier molecular flexibility index (Phi) is 3.02. The van der Waals surface area contributed by atoms with E-state index in [1.807, 2.05) is 24.4 Å². The molecule has 1 aromatic heterocycles. The fourth-order valence-corrected chi connectivity index (χ4v) is 3.83. The van der Waals surface area contributed by atoms with Gasteiger partial charge < -0.3 is 9.72 Å². The molecular formula is C18H21NO2. The van der Waals surface area contributed by atoms with Gasteiger partial charge in [0.2, 0.25) is 0 Å². The molecule has 0 bridgehead atoms. The zero-order valence-corrected chi connectivity index (χ0v) is 12.4. The first-order valence-electron chi connectivity index (χ1n) is 8.05. The van der Waals surface area contributed by atoms with E-state index in [1.54, 1.807) is 0 Å². The Morgan fingerprint density at radius 3 is 2.86 bits per heavy atom. The SMILES string of the molecule is CCCOc1cccc2[nH]cc(C(=O)C3CC4CC4C3)c12. The summed E-state index contributed by atoms with van der Waals surface area (Å²) in [6.45, 7) is 2.78. The minimum atomic E-state index is 0.229. The second-order valence-electron chi connectivity index (χ2n) is 6.52. The third-order valence-corrected chi connectivity index (χ3v) is 5.01. The number of carbonyl (C=O) groups is 1. The normalized spacial score (nSPS) is 26.8. The Balaban J connectivity index is 1.69. The minimum absolute atomic E-state index is 0.229. The number of ketones is 1. The molecule has 2 saturated carbocycles. The van der Waals surface area contributed by atoms with Crippen molar-refractivity contribution < 1.29 is 9.53 Å². The maximum absolute atomic E-state index is 12.8. The van der Waals surface area contributed by atoms with Crippen LogP contribution in [0.15, 0.2) is 24.4 Å². The van der Waals surface area contributed by atoms with Crippen LogP contribution in [0.5, 0.6) is 5.75 Å². The molecule has 2 fully saturated rings. The largest absolute Gasteiger partial charge is 0.493 e. The Morgan fingerprint density at radius 1 is 1.29 bits per heavy atom. The second kappa shape index (κ2) is 4.90. The summed E-state index contributed by atoms with van der Waals surface area (Å²) < 4.78 is 5.84. The van der Waals surface area contributed by atoms with Crippen LogP contribution in [-0.2, 0) is 0 Å². The molecule has 0 aliphatic heterocycles. The van der Waals surface area contributed by atoms with Gasteiger partial charge in [-0.25, -0.2) is 0 Å². The highest BCUT2D eigenvalue weighted by molar-refractivity contribution is 6.11. The van der Waals surface area contributed by atoms with Crippen molar-refractivity contribution in [3.05, 3.63) is 30.0 Å². The number of Topliss-reactive ketones (excluding diaryl/α,β-unsaturated/α-hetero) is 1. The molecule has 4 rings (SSSR count). The molecule has 1 heterocycles. The number of carbonyl (C=O) groups excluding carboxylic acids is 1. The Bertz CT molecular complexity index is 678. The van der Waals surface area contributed by atoms with Gasteiger partial charge in [-0.3, -0.25) is 4.79 Å². The molecule has 2 atom stereocenters. The van der Waals surface area contributed by atoms with E-state index in [4.69, 9.17) is 4.74 Å². The number of H-pyrrole nitrogens is 1. The number of rotatable bonds is 5. The highest BCUT2D eigenvalue weighted by Crippen LogP contribution is 2.55. The minimum Gasteiger partial charge on any atom is -0.493 e. The fourth-order valence-electron chi connectivity index (χ4n) is 3.83. The fraction of sp³-hybridized carbons (Fsp3) is 0.500. The highest BCUT2D eigenvalue weighted by atomic mass is 16.5. The van der Waals surface area contributed by atoms with Crippen LogP contribution in [0.1, 0.15) is 43.0 Å². The smallest absolute Gasteiger partial charge is 0.168 e. The maximum atomic E-state index is 12.8. The van der Waals surface area contributed by atoms with Crippen molar-refractivity contribution in [2.45, 2.75) is 32.6 Å². The molecule has 2 aromatic rings. The third kappa shape index (κ3) is 2.15. The van der Waals surface area contributed by atoms with E-state index < -0.39 is 0 Å². The summed E-state index contributed by atoms with van der Waals surface area (Å²) in [5, 5.41) is 0.969. The molecular weight excluding hydrogens is 262 g/mol. The van der Waals surface area contributed by atoms with Crippen molar-refractivity contribution in [2.75, 3.05) is 6.61 Å². The number of nitrogens with one attached hydrogen (secondary N) is 1. The van der Waals surface area contributed by atoms with E-state index >= 15 is 0 Å². The molecule has 0 radical (unpaired) electrons. The van der Waals surface area contributed by atoms with Gasteiger partial charge in [-0.05, 0) is 49.7 Å². The summed E-state index contributed by atoms with van der Waals surface area (Å²) in [6.07, 6.45) is 6.37. The quantitative estimate of drug-likeness (QED) is 0.836. The van der Waals surface area contributed by atoms with Crippen molar-refractivity contribution in [3.63, 3.8) is 0 Å². The van der Waals surface area contributed by atoms with Crippen LogP contribution < -0.4 is 4.74 Å². The molecule has 2 aliphatic carbocycles. The molecule has 2 unspecified atom stereocenters. The molecule has 1 aromatic carbocycles. The van der Waals surface area contributed by atoms with Crippen LogP contribution in [0.25, 0.3) is 10.9 Å². The van der Waals surface area contributed by atoms with Crippen molar-refractivity contribution in [1.29, 1.82) is 0 Å². The number of fused-ring (bicyclic) bond motifs is 2. The van der Waals surface area contributed by atoms with Crippen LogP contribution in [0, 0.1) is 17.8 Å². The van der Waals surface area contributed by atoms with Crippen LogP contribution in [0.3, 0.4) is 0 Å². The highest BCUT2D eigenvalue weighted by Gasteiger charge is 2.48. The topological polar surface area (TPSA) is 42.1 Å². The van der Waals surface area contributed by atoms with E-state index in [0.717, 1.165) is 53.3 Å². The summed E-state index contributed by atoms with van der Waals surface area (Å²) in [5.74, 6) is 3.04. The second-order valence-corrected chi connectivity index (χ2v) is 6.52. The van der Waals surface area contributed by atoms with Gasteiger partial charge in [0.25, 0.3) is 0 Å². The summed E-state index contributed by atoms with van der Waals surface area (Å²) in [4.78, 5) is 16.1. The number of ether oxygens (including phenoxy) is 1. The number of benzene rings is 1. The average Bonchev–Trinajstić information content (AvgIpc) is 2.94. The van der Waals surface area contributed by atoms with Crippen LogP contribution in [0.2, 0.25) is 0 Å². The van der Waals surface area contributed by atoms with Gasteiger partial charge >= 0.3 is 0 Å². The molecule has 21 heavy (non-hydrogen) atoms. The first-order chi connectivity index (χ1) is 10.3. The summed E-state index contributed by atoms with van der Waals surface area (Å²) in [7, 11) is 0. The molecule has 3 heteroatoms. The molecule has 0 spiro atoms. The standard InChI is InChI=1S/C18H21NO2/c1-2-6-21-16-5-3-4-15-17(16)14(10-19-15)18(20)13-8-11-7-12(11)9-13/h3-5,10-13,19H,2,6-9H2,1H3. The van der Waals surface area contributed by atoms with Gasteiger partial charge in [-0.1, -0.05) is 13.0 Å². The summed E-state index contributed by atoms with van der Waals surface area (Å²) >= 11 is 0. The first-order valence-corrected chi connectivity index (χ1v) is 8.05. The van der Waals surface area contributed by atoms with Crippen LogP contribution >= 0.6 is 0 Å². The van der Waals surface area contributed by atoms with Crippen molar-refractivity contribution in [3.8, 4) is 5.75 Å². The van der Waals surface area contributed by atoms with Crippen molar-refractivity contribution in [2.24, 2.45) is 17.8 Å². The average molecular weight is 283 g/mol. The number of aromatic amines is 1. The third-order valence-electron chi connectivity index (χ3n) is 5.01. The molecule has 0 saturated heterocycles. The van der Waals surface area contributed by atoms with Crippen LogP contribution in [0.4, 0.5) is 0 Å². The molecule has 2 aliphatic rings. The van der Waals surface area contributed by atoms with E-state index in [1.165, 1.54) is 6.42 Å². The van der Waals surface area contributed by atoms with Crippen molar-refractivity contribution >= 4 is 16.7 Å². The number of aromatic nitrogens is 1. The molecule has 0 amide bonds. The van der Waals surface area contributed by atoms with Gasteiger partial charge in [0.1, 0.15) is 5.75 Å². The summed E-state index contributed by atoms with van der Waals surface area (Å²) in [5.41, 5.74) is 1.82. The molecule has 110 valence electrons. The Labute approximate surface area is 124 Å². The van der Waals surface area contributed by atoms with E-state index in [-0.39, 0.29) is 5.92 Å². The predicted molar refractivity (Wildman–Crippen MR) is 82.7 cm³/mol. The van der Waals surface area contributed by atoms with E-state index in [9.17, 15) is 4.79 Å². The van der Waals surface area contributed by atoms with Gasteiger partial charge in [-0.15, -0.1) is 0 Å². The van der Waals surface area contributed by atoms with Gasteiger partial charge in [-0.2, -0.15) is 0 Å². The maximum Gasteiger partial charge on any atom is 0.168 e. The van der Waals surface area contributed by atoms with Gasteiger partial charge in [0, 0.05) is 23.2 Å². The molecule has 3 nitrogen and oxygen atoms in total. The molecule has 1 N–H and O–H groups in total.